The second-order valence-corrected chi connectivity index (χ2v) is 4.76. The van der Waals surface area contributed by atoms with Gasteiger partial charge in [-0.2, -0.15) is 0 Å². The first-order chi connectivity index (χ1) is 8.55. The highest BCUT2D eigenvalue weighted by molar-refractivity contribution is 5.90. The van der Waals surface area contributed by atoms with Crippen molar-refractivity contribution in [1.29, 1.82) is 0 Å². The molecule has 0 spiro atoms. The normalized spacial score (nSPS) is 18.4. The first kappa shape index (κ1) is 12.6. The lowest BCUT2D eigenvalue weighted by molar-refractivity contribution is -0.126. The van der Waals surface area contributed by atoms with Crippen LogP contribution in [0.3, 0.4) is 0 Å². The van der Waals surface area contributed by atoms with Crippen molar-refractivity contribution >= 4 is 17.5 Å². The van der Waals surface area contributed by atoms with Crippen LogP contribution in [0.5, 0.6) is 0 Å². The number of carbonyl (C=O) groups excluding carboxylic acids is 1. The van der Waals surface area contributed by atoms with E-state index in [1.807, 2.05) is 25.7 Å². The molecule has 0 bridgehead atoms. The summed E-state index contributed by atoms with van der Waals surface area (Å²) < 4.78 is 0. The molecule has 2 rings (SSSR count). The Morgan fingerprint density at radius 3 is 3.00 bits per heavy atom. The molecule has 0 aliphatic carbocycles. The summed E-state index contributed by atoms with van der Waals surface area (Å²) in [7, 11) is 0. The summed E-state index contributed by atoms with van der Waals surface area (Å²) in [4.78, 5) is 22.5. The van der Waals surface area contributed by atoms with Crippen molar-refractivity contribution in [2.45, 2.75) is 26.3 Å². The molecule has 18 heavy (non-hydrogen) atoms. The standard InChI is InChI=1S/C12H19N5O/c1-4-14-9-7-13-8-10(16-9)17-6-5-15-11(18)12(17,2)3/h7-8H,4-6H2,1-3H3,(H,14,16)(H,15,18). The van der Waals surface area contributed by atoms with Gasteiger partial charge in [-0.05, 0) is 20.8 Å². The van der Waals surface area contributed by atoms with Crippen LogP contribution in [-0.2, 0) is 4.79 Å². The van der Waals surface area contributed by atoms with E-state index in [-0.39, 0.29) is 5.91 Å². The molecular weight excluding hydrogens is 230 g/mol. The van der Waals surface area contributed by atoms with Gasteiger partial charge in [0.2, 0.25) is 5.91 Å². The Kier molecular flexibility index (Phi) is 3.36. The molecule has 0 atom stereocenters. The quantitative estimate of drug-likeness (QED) is 0.822. The third-order valence-electron chi connectivity index (χ3n) is 3.11. The molecule has 1 amide bonds. The summed E-state index contributed by atoms with van der Waals surface area (Å²) in [5, 5.41) is 5.99. The summed E-state index contributed by atoms with van der Waals surface area (Å²) in [6, 6.07) is 0. The fourth-order valence-corrected chi connectivity index (χ4v) is 2.05. The highest BCUT2D eigenvalue weighted by Crippen LogP contribution is 2.24. The molecule has 98 valence electrons. The maximum atomic E-state index is 11.9. The average molecular weight is 249 g/mol. The number of anilines is 2. The van der Waals surface area contributed by atoms with Gasteiger partial charge >= 0.3 is 0 Å². The minimum Gasteiger partial charge on any atom is -0.369 e. The molecule has 1 aliphatic rings. The Morgan fingerprint density at radius 1 is 1.50 bits per heavy atom. The van der Waals surface area contributed by atoms with E-state index >= 15 is 0 Å². The summed E-state index contributed by atoms with van der Waals surface area (Å²) in [5.41, 5.74) is -0.599. The van der Waals surface area contributed by atoms with Crippen molar-refractivity contribution in [2.75, 3.05) is 29.9 Å². The Morgan fingerprint density at radius 2 is 2.28 bits per heavy atom. The maximum absolute atomic E-state index is 11.9. The van der Waals surface area contributed by atoms with E-state index in [1.165, 1.54) is 0 Å². The number of nitrogens with one attached hydrogen (secondary N) is 2. The van der Waals surface area contributed by atoms with Gasteiger partial charge in [-0.15, -0.1) is 0 Å². The second kappa shape index (κ2) is 4.80. The highest BCUT2D eigenvalue weighted by atomic mass is 16.2. The predicted molar refractivity (Wildman–Crippen MR) is 70.6 cm³/mol. The van der Waals surface area contributed by atoms with E-state index in [9.17, 15) is 4.79 Å². The van der Waals surface area contributed by atoms with Gasteiger partial charge in [0.1, 0.15) is 17.2 Å². The van der Waals surface area contributed by atoms with E-state index in [4.69, 9.17) is 0 Å². The van der Waals surface area contributed by atoms with Crippen LogP contribution in [0.4, 0.5) is 11.6 Å². The predicted octanol–water partition coefficient (Wildman–Crippen LogP) is 0.623. The number of carbonyl (C=O) groups is 1. The summed E-state index contributed by atoms with van der Waals surface area (Å²) in [6.45, 7) is 7.96. The zero-order valence-electron chi connectivity index (χ0n) is 11.0. The smallest absolute Gasteiger partial charge is 0.245 e. The number of rotatable bonds is 3. The Hall–Kier alpha value is -1.85. The largest absolute Gasteiger partial charge is 0.369 e. The third kappa shape index (κ3) is 2.23. The number of aromatic nitrogens is 2. The van der Waals surface area contributed by atoms with E-state index in [1.54, 1.807) is 12.4 Å². The van der Waals surface area contributed by atoms with Gasteiger partial charge in [0.05, 0.1) is 12.4 Å². The molecule has 1 aromatic rings. The molecule has 0 aromatic carbocycles. The van der Waals surface area contributed by atoms with Gasteiger partial charge in [0.15, 0.2) is 0 Å². The van der Waals surface area contributed by atoms with E-state index < -0.39 is 5.54 Å². The zero-order valence-corrected chi connectivity index (χ0v) is 11.0. The molecular formula is C12H19N5O. The van der Waals surface area contributed by atoms with E-state index in [0.29, 0.717) is 6.54 Å². The fraction of sp³-hybridized carbons (Fsp3) is 0.583. The van der Waals surface area contributed by atoms with E-state index in [2.05, 4.69) is 20.6 Å². The van der Waals surface area contributed by atoms with Gasteiger partial charge in [-0.1, -0.05) is 0 Å². The van der Waals surface area contributed by atoms with Crippen LogP contribution in [0.2, 0.25) is 0 Å². The molecule has 1 aromatic heterocycles. The number of nitrogens with zero attached hydrogens (tertiary/aromatic N) is 3. The van der Waals surface area contributed by atoms with Crippen LogP contribution in [0, 0.1) is 0 Å². The maximum Gasteiger partial charge on any atom is 0.245 e. The zero-order chi connectivity index (χ0) is 13.2. The lowest BCUT2D eigenvalue weighted by Crippen LogP contribution is -2.62. The highest BCUT2D eigenvalue weighted by Gasteiger charge is 2.38. The van der Waals surface area contributed by atoms with Crippen LogP contribution in [0.1, 0.15) is 20.8 Å². The lowest BCUT2D eigenvalue weighted by atomic mass is 9.99. The summed E-state index contributed by atoms with van der Waals surface area (Å²) >= 11 is 0. The first-order valence-corrected chi connectivity index (χ1v) is 6.17. The van der Waals surface area contributed by atoms with Crippen molar-refractivity contribution in [3.8, 4) is 0 Å². The first-order valence-electron chi connectivity index (χ1n) is 6.17. The molecule has 1 saturated heterocycles. The summed E-state index contributed by atoms with van der Waals surface area (Å²) in [5.74, 6) is 1.48. The molecule has 0 unspecified atom stereocenters. The van der Waals surface area contributed by atoms with Crippen LogP contribution < -0.4 is 15.5 Å². The van der Waals surface area contributed by atoms with Crippen molar-refractivity contribution in [1.82, 2.24) is 15.3 Å². The Labute approximate surface area is 107 Å². The fourth-order valence-electron chi connectivity index (χ4n) is 2.05. The van der Waals surface area contributed by atoms with Crippen LogP contribution in [-0.4, -0.2) is 41.0 Å². The SMILES string of the molecule is CCNc1cncc(N2CCNC(=O)C2(C)C)n1. The van der Waals surface area contributed by atoms with Gasteiger partial charge in [-0.25, -0.2) is 4.98 Å². The molecule has 0 radical (unpaired) electrons. The molecule has 1 aliphatic heterocycles. The van der Waals surface area contributed by atoms with Gasteiger partial charge in [0, 0.05) is 19.6 Å². The van der Waals surface area contributed by atoms with Gasteiger partial charge in [0.25, 0.3) is 0 Å². The topological polar surface area (TPSA) is 70.2 Å². The Balaban J connectivity index is 2.29. The van der Waals surface area contributed by atoms with Crippen molar-refractivity contribution < 1.29 is 4.79 Å². The van der Waals surface area contributed by atoms with Crippen LogP contribution in [0.15, 0.2) is 12.4 Å². The monoisotopic (exact) mass is 249 g/mol. The number of amides is 1. The van der Waals surface area contributed by atoms with Crippen molar-refractivity contribution in [2.24, 2.45) is 0 Å². The van der Waals surface area contributed by atoms with Crippen molar-refractivity contribution in [3.05, 3.63) is 12.4 Å². The third-order valence-corrected chi connectivity index (χ3v) is 3.11. The number of hydrogen-bond donors (Lipinski definition) is 2. The average Bonchev–Trinajstić information content (AvgIpc) is 2.33. The molecule has 6 heteroatoms. The van der Waals surface area contributed by atoms with Crippen LogP contribution in [0.25, 0.3) is 0 Å². The van der Waals surface area contributed by atoms with Crippen LogP contribution >= 0.6 is 0 Å². The number of hydrogen-bond acceptors (Lipinski definition) is 5. The lowest BCUT2D eigenvalue weighted by Gasteiger charge is -2.41. The molecule has 2 N–H and O–H groups in total. The Bertz CT molecular complexity index is 446. The number of piperazine rings is 1. The molecule has 0 saturated carbocycles. The van der Waals surface area contributed by atoms with Gasteiger partial charge < -0.3 is 15.5 Å². The minimum absolute atomic E-state index is 0.0180. The molecule has 1 fully saturated rings. The summed E-state index contributed by atoms with van der Waals surface area (Å²) in [6.07, 6.45) is 3.38. The molecule has 6 nitrogen and oxygen atoms in total. The van der Waals surface area contributed by atoms with E-state index in [0.717, 1.165) is 24.7 Å². The van der Waals surface area contributed by atoms with Gasteiger partial charge in [-0.3, -0.25) is 9.78 Å². The second-order valence-electron chi connectivity index (χ2n) is 4.76. The molecule has 2 heterocycles. The van der Waals surface area contributed by atoms with Crippen molar-refractivity contribution in [3.63, 3.8) is 0 Å². The minimum atomic E-state index is -0.599.